The Labute approximate surface area is 150 Å². The third kappa shape index (κ3) is 2.49. The monoisotopic (exact) mass is 349 g/mol. The molecule has 5 rings (SSSR count). The van der Waals surface area contributed by atoms with Gasteiger partial charge in [0.2, 0.25) is 0 Å². The molecule has 0 aliphatic carbocycles. The summed E-state index contributed by atoms with van der Waals surface area (Å²) >= 11 is 0. The van der Waals surface area contributed by atoms with Crippen LogP contribution in [0.25, 0.3) is 11.0 Å². The van der Waals surface area contributed by atoms with Crippen LogP contribution in [0.5, 0.6) is 11.5 Å². The summed E-state index contributed by atoms with van der Waals surface area (Å²) in [4.78, 5) is 23.1. The Morgan fingerprint density at radius 1 is 1.12 bits per heavy atom. The molecule has 1 atom stereocenters. The number of aromatic nitrogens is 2. The van der Waals surface area contributed by atoms with E-state index < -0.39 is 0 Å². The summed E-state index contributed by atoms with van der Waals surface area (Å²) in [5.41, 5.74) is 2.56. The van der Waals surface area contributed by atoms with E-state index in [0.717, 1.165) is 36.2 Å². The molecule has 3 aromatic rings. The van der Waals surface area contributed by atoms with Gasteiger partial charge in [0, 0.05) is 12.1 Å². The Balaban J connectivity index is 1.45. The summed E-state index contributed by atoms with van der Waals surface area (Å²) in [6.07, 6.45) is 1.88. The van der Waals surface area contributed by atoms with E-state index in [0.29, 0.717) is 30.3 Å². The maximum Gasteiger partial charge on any atom is 0.254 e. The van der Waals surface area contributed by atoms with Crippen LogP contribution in [0.4, 0.5) is 0 Å². The number of hydrogen-bond donors (Lipinski definition) is 1. The lowest BCUT2D eigenvalue weighted by atomic mass is 10.1. The molecule has 1 N–H and O–H groups in total. The summed E-state index contributed by atoms with van der Waals surface area (Å²) in [7, 11) is 0. The van der Waals surface area contributed by atoms with Crippen molar-refractivity contribution in [2.75, 3.05) is 19.8 Å². The first-order valence-corrected chi connectivity index (χ1v) is 8.95. The summed E-state index contributed by atoms with van der Waals surface area (Å²) in [5.74, 6) is 2.20. The summed E-state index contributed by atoms with van der Waals surface area (Å²) in [6, 6.07) is 13.3. The molecule has 2 aliphatic rings. The van der Waals surface area contributed by atoms with Gasteiger partial charge in [-0.3, -0.25) is 4.79 Å². The molecule has 0 saturated carbocycles. The number of carbonyl (C=O) groups excluding carboxylic acids is 1. The topological polar surface area (TPSA) is 67.5 Å². The van der Waals surface area contributed by atoms with E-state index in [9.17, 15) is 4.79 Å². The first-order chi connectivity index (χ1) is 12.8. The van der Waals surface area contributed by atoms with Crippen molar-refractivity contribution in [3.8, 4) is 11.5 Å². The van der Waals surface area contributed by atoms with Gasteiger partial charge in [0.05, 0.1) is 17.1 Å². The minimum atomic E-state index is -0.0249. The summed E-state index contributed by atoms with van der Waals surface area (Å²) in [5, 5.41) is 0. The van der Waals surface area contributed by atoms with E-state index in [4.69, 9.17) is 14.5 Å². The second-order valence-corrected chi connectivity index (χ2v) is 6.65. The van der Waals surface area contributed by atoms with Gasteiger partial charge in [-0.05, 0) is 43.2 Å². The Morgan fingerprint density at radius 3 is 2.85 bits per heavy atom. The maximum atomic E-state index is 13.1. The number of aromatic amines is 1. The van der Waals surface area contributed by atoms with Crippen LogP contribution in [0.3, 0.4) is 0 Å². The van der Waals surface area contributed by atoms with E-state index in [1.807, 2.05) is 41.3 Å². The number of para-hydroxylation sites is 2. The Bertz CT molecular complexity index is 948. The van der Waals surface area contributed by atoms with E-state index in [-0.39, 0.29) is 11.9 Å². The number of H-pyrrole nitrogens is 1. The molecule has 0 bridgehead atoms. The molecule has 26 heavy (non-hydrogen) atoms. The van der Waals surface area contributed by atoms with Crippen LogP contribution in [0.2, 0.25) is 0 Å². The van der Waals surface area contributed by atoms with Crippen molar-refractivity contribution in [1.82, 2.24) is 14.9 Å². The molecule has 6 nitrogen and oxygen atoms in total. The van der Waals surface area contributed by atoms with Gasteiger partial charge in [0.1, 0.15) is 19.0 Å². The first-order valence-electron chi connectivity index (χ1n) is 8.95. The number of likely N-dealkylation sites (tertiary alicyclic amines) is 1. The van der Waals surface area contributed by atoms with Crippen molar-refractivity contribution < 1.29 is 14.3 Å². The molecular formula is C20H19N3O3. The van der Waals surface area contributed by atoms with Crippen LogP contribution in [-0.2, 0) is 0 Å². The normalized spacial score (nSPS) is 19.1. The van der Waals surface area contributed by atoms with Gasteiger partial charge < -0.3 is 19.4 Å². The minimum absolute atomic E-state index is 0.00456. The Morgan fingerprint density at radius 2 is 1.96 bits per heavy atom. The molecule has 1 unspecified atom stereocenters. The van der Waals surface area contributed by atoms with Gasteiger partial charge >= 0.3 is 0 Å². The number of carbonyl (C=O) groups is 1. The van der Waals surface area contributed by atoms with Crippen molar-refractivity contribution in [2.45, 2.75) is 18.9 Å². The molecule has 3 heterocycles. The molecule has 1 amide bonds. The van der Waals surface area contributed by atoms with Crippen LogP contribution < -0.4 is 9.47 Å². The molecule has 132 valence electrons. The number of nitrogens with zero attached hydrogens (tertiary/aromatic N) is 2. The van der Waals surface area contributed by atoms with Crippen molar-refractivity contribution in [1.29, 1.82) is 0 Å². The smallest absolute Gasteiger partial charge is 0.254 e. The first kappa shape index (κ1) is 15.3. The predicted molar refractivity (Wildman–Crippen MR) is 96.5 cm³/mol. The molecule has 2 aromatic carbocycles. The molecule has 0 spiro atoms. The SMILES string of the molecule is O=C(c1ccc2c(c1)OCCO2)N1CCCC1c1nc2ccccc2[nH]1. The zero-order valence-corrected chi connectivity index (χ0v) is 14.3. The van der Waals surface area contributed by atoms with Crippen molar-refractivity contribution in [2.24, 2.45) is 0 Å². The van der Waals surface area contributed by atoms with Gasteiger partial charge in [0.25, 0.3) is 5.91 Å². The maximum absolute atomic E-state index is 13.1. The summed E-state index contributed by atoms with van der Waals surface area (Å²) in [6.45, 7) is 1.78. The van der Waals surface area contributed by atoms with Gasteiger partial charge in [0.15, 0.2) is 11.5 Å². The van der Waals surface area contributed by atoms with Gasteiger partial charge in [-0.1, -0.05) is 12.1 Å². The van der Waals surface area contributed by atoms with E-state index in [1.165, 1.54) is 0 Å². The second-order valence-electron chi connectivity index (χ2n) is 6.65. The lowest BCUT2D eigenvalue weighted by Gasteiger charge is -2.24. The number of fused-ring (bicyclic) bond motifs is 2. The highest BCUT2D eigenvalue weighted by Crippen LogP contribution is 2.35. The fourth-order valence-corrected chi connectivity index (χ4v) is 3.77. The van der Waals surface area contributed by atoms with Crippen molar-refractivity contribution in [3.05, 3.63) is 53.9 Å². The predicted octanol–water partition coefficient (Wildman–Crippen LogP) is 3.31. The molecular weight excluding hydrogens is 330 g/mol. The average molecular weight is 349 g/mol. The van der Waals surface area contributed by atoms with E-state index in [2.05, 4.69) is 4.98 Å². The van der Waals surface area contributed by atoms with Crippen molar-refractivity contribution in [3.63, 3.8) is 0 Å². The van der Waals surface area contributed by atoms with Crippen LogP contribution in [0, 0.1) is 0 Å². The lowest BCUT2D eigenvalue weighted by Crippen LogP contribution is -2.31. The highest BCUT2D eigenvalue weighted by molar-refractivity contribution is 5.95. The molecule has 0 radical (unpaired) electrons. The third-order valence-corrected chi connectivity index (χ3v) is 5.03. The molecule has 1 saturated heterocycles. The fraction of sp³-hybridized carbons (Fsp3) is 0.300. The van der Waals surface area contributed by atoms with Crippen molar-refractivity contribution >= 4 is 16.9 Å². The van der Waals surface area contributed by atoms with Crippen LogP contribution in [0.15, 0.2) is 42.5 Å². The van der Waals surface area contributed by atoms with Gasteiger partial charge in [-0.15, -0.1) is 0 Å². The molecule has 1 fully saturated rings. The zero-order chi connectivity index (χ0) is 17.5. The van der Waals surface area contributed by atoms with E-state index in [1.54, 1.807) is 6.07 Å². The number of amides is 1. The number of nitrogens with one attached hydrogen (secondary N) is 1. The number of imidazole rings is 1. The van der Waals surface area contributed by atoms with Gasteiger partial charge in [-0.2, -0.15) is 0 Å². The highest BCUT2D eigenvalue weighted by Gasteiger charge is 2.33. The second kappa shape index (κ2) is 6.05. The minimum Gasteiger partial charge on any atom is -0.486 e. The average Bonchev–Trinajstić information content (AvgIpc) is 3.33. The van der Waals surface area contributed by atoms with Crippen LogP contribution >= 0.6 is 0 Å². The molecule has 1 aromatic heterocycles. The van der Waals surface area contributed by atoms with E-state index >= 15 is 0 Å². The number of hydrogen-bond acceptors (Lipinski definition) is 4. The Kier molecular flexibility index (Phi) is 3.55. The quantitative estimate of drug-likeness (QED) is 0.771. The standard InChI is InChI=1S/C20H19N3O3/c24-20(13-7-8-17-18(12-13)26-11-10-25-17)23-9-3-6-16(23)19-21-14-4-1-2-5-15(14)22-19/h1-2,4-5,7-8,12,16H,3,6,9-11H2,(H,21,22). The number of benzene rings is 2. The van der Waals surface area contributed by atoms with Crippen LogP contribution in [0.1, 0.15) is 35.1 Å². The van der Waals surface area contributed by atoms with Gasteiger partial charge in [-0.25, -0.2) is 4.98 Å². The third-order valence-electron chi connectivity index (χ3n) is 5.03. The lowest BCUT2D eigenvalue weighted by molar-refractivity contribution is 0.0729. The fourth-order valence-electron chi connectivity index (χ4n) is 3.77. The molecule has 2 aliphatic heterocycles. The number of ether oxygens (including phenoxy) is 2. The van der Waals surface area contributed by atoms with Crippen LogP contribution in [-0.4, -0.2) is 40.5 Å². The number of rotatable bonds is 2. The Hall–Kier alpha value is -3.02. The highest BCUT2D eigenvalue weighted by atomic mass is 16.6. The summed E-state index contributed by atoms with van der Waals surface area (Å²) < 4.78 is 11.2. The largest absolute Gasteiger partial charge is 0.486 e. The zero-order valence-electron chi connectivity index (χ0n) is 14.3. The molecule has 6 heteroatoms.